The standard InChI is InChI=1S/C15H24N2O2/c1-12(17(2)3)14-8-7-13(15(10-14)19-4)6-5-9-16-11-18/h7-8,10-12H,5-6,9H2,1-4H3,(H,16,18). The highest BCUT2D eigenvalue weighted by atomic mass is 16.5. The van der Waals surface area contributed by atoms with Gasteiger partial charge < -0.3 is 15.0 Å². The van der Waals surface area contributed by atoms with Crippen LogP contribution in [0.5, 0.6) is 5.75 Å². The van der Waals surface area contributed by atoms with Gasteiger partial charge in [-0.15, -0.1) is 0 Å². The summed E-state index contributed by atoms with van der Waals surface area (Å²) in [6.45, 7) is 2.87. The Labute approximate surface area is 115 Å². The predicted octanol–water partition coefficient (Wildman–Crippen LogP) is 2.00. The Morgan fingerprint density at radius 2 is 2.16 bits per heavy atom. The summed E-state index contributed by atoms with van der Waals surface area (Å²) < 4.78 is 5.46. The molecule has 1 atom stereocenters. The summed E-state index contributed by atoms with van der Waals surface area (Å²) in [6, 6.07) is 6.73. The minimum Gasteiger partial charge on any atom is -0.496 e. The van der Waals surface area contributed by atoms with E-state index in [0.29, 0.717) is 12.6 Å². The van der Waals surface area contributed by atoms with E-state index in [4.69, 9.17) is 4.74 Å². The average Bonchev–Trinajstić information content (AvgIpc) is 2.42. The van der Waals surface area contributed by atoms with Gasteiger partial charge >= 0.3 is 0 Å². The van der Waals surface area contributed by atoms with Gasteiger partial charge in [-0.3, -0.25) is 4.79 Å². The van der Waals surface area contributed by atoms with Crippen molar-refractivity contribution in [1.82, 2.24) is 10.2 Å². The minimum atomic E-state index is 0.361. The molecule has 4 nitrogen and oxygen atoms in total. The third-order valence-electron chi connectivity index (χ3n) is 3.42. The Morgan fingerprint density at radius 1 is 1.42 bits per heavy atom. The SMILES string of the molecule is COc1cc(C(C)N(C)C)ccc1CCCNC=O. The molecular weight excluding hydrogens is 240 g/mol. The summed E-state index contributed by atoms with van der Waals surface area (Å²) >= 11 is 0. The number of nitrogens with zero attached hydrogens (tertiary/aromatic N) is 1. The van der Waals surface area contributed by atoms with Crippen LogP contribution in [-0.2, 0) is 11.2 Å². The second kappa shape index (κ2) is 7.79. The zero-order chi connectivity index (χ0) is 14.3. The summed E-state index contributed by atoms with van der Waals surface area (Å²) in [6.07, 6.45) is 2.55. The highest BCUT2D eigenvalue weighted by molar-refractivity contribution is 5.45. The fourth-order valence-electron chi connectivity index (χ4n) is 1.97. The lowest BCUT2D eigenvalue weighted by molar-refractivity contribution is -0.109. The molecule has 0 bridgehead atoms. The molecule has 0 spiro atoms. The number of rotatable bonds is 8. The van der Waals surface area contributed by atoms with Crippen molar-refractivity contribution >= 4 is 6.41 Å². The van der Waals surface area contributed by atoms with E-state index in [0.717, 1.165) is 25.0 Å². The molecule has 1 aromatic carbocycles. The number of methoxy groups -OCH3 is 1. The molecule has 0 fully saturated rings. The monoisotopic (exact) mass is 264 g/mol. The fourth-order valence-corrected chi connectivity index (χ4v) is 1.97. The van der Waals surface area contributed by atoms with Crippen molar-refractivity contribution in [2.24, 2.45) is 0 Å². The molecule has 0 aliphatic rings. The predicted molar refractivity (Wildman–Crippen MR) is 77.5 cm³/mol. The lowest BCUT2D eigenvalue weighted by Crippen LogP contribution is -2.17. The van der Waals surface area contributed by atoms with Gasteiger partial charge in [0.25, 0.3) is 0 Å². The molecule has 4 heteroatoms. The van der Waals surface area contributed by atoms with Crippen molar-refractivity contribution in [3.05, 3.63) is 29.3 Å². The first-order valence-corrected chi connectivity index (χ1v) is 6.60. The summed E-state index contributed by atoms with van der Waals surface area (Å²) in [7, 11) is 5.83. The van der Waals surface area contributed by atoms with Crippen LogP contribution in [0, 0.1) is 0 Å². The molecule has 0 aromatic heterocycles. The van der Waals surface area contributed by atoms with E-state index in [1.165, 1.54) is 11.1 Å². The fraction of sp³-hybridized carbons (Fsp3) is 0.533. The summed E-state index contributed by atoms with van der Waals surface area (Å²) in [4.78, 5) is 12.4. The lowest BCUT2D eigenvalue weighted by Gasteiger charge is -2.21. The quantitative estimate of drug-likeness (QED) is 0.577. The van der Waals surface area contributed by atoms with Crippen LogP contribution in [0.1, 0.15) is 30.5 Å². The van der Waals surface area contributed by atoms with E-state index in [1.54, 1.807) is 7.11 Å². The van der Waals surface area contributed by atoms with Crippen LogP contribution in [0.15, 0.2) is 18.2 Å². The van der Waals surface area contributed by atoms with Crippen molar-refractivity contribution in [3.8, 4) is 5.75 Å². The first-order chi connectivity index (χ1) is 9.10. The molecule has 0 aliphatic carbocycles. The number of aryl methyl sites for hydroxylation is 1. The van der Waals surface area contributed by atoms with Gasteiger partial charge in [-0.2, -0.15) is 0 Å². The number of hydrogen-bond acceptors (Lipinski definition) is 3. The average molecular weight is 264 g/mol. The molecule has 1 unspecified atom stereocenters. The Kier molecular flexibility index (Phi) is 6.36. The van der Waals surface area contributed by atoms with Crippen molar-refractivity contribution in [2.75, 3.05) is 27.7 Å². The van der Waals surface area contributed by atoms with Gasteiger partial charge in [-0.25, -0.2) is 0 Å². The largest absolute Gasteiger partial charge is 0.496 e. The van der Waals surface area contributed by atoms with E-state index in [9.17, 15) is 4.79 Å². The van der Waals surface area contributed by atoms with Crippen LogP contribution in [0.2, 0.25) is 0 Å². The molecule has 0 aliphatic heterocycles. The zero-order valence-corrected chi connectivity index (χ0v) is 12.3. The van der Waals surface area contributed by atoms with Crippen LogP contribution in [-0.4, -0.2) is 39.1 Å². The third kappa shape index (κ3) is 4.56. The van der Waals surface area contributed by atoms with Crippen LogP contribution in [0.3, 0.4) is 0 Å². The third-order valence-corrected chi connectivity index (χ3v) is 3.42. The minimum absolute atomic E-state index is 0.361. The van der Waals surface area contributed by atoms with Gasteiger partial charge in [0.05, 0.1) is 7.11 Å². The first-order valence-electron chi connectivity index (χ1n) is 6.60. The number of carbonyl (C=O) groups excluding carboxylic acids is 1. The van der Waals surface area contributed by atoms with Crippen molar-refractivity contribution < 1.29 is 9.53 Å². The Balaban J connectivity index is 2.75. The van der Waals surface area contributed by atoms with Gasteiger partial charge in [-0.05, 0) is 51.1 Å². The highest BCUT2D eigenvalue weighted by Gasteiger charge is 2.11. The number of nitrogens with one attached hydrogen (secondary N) is 1. The van der Waals surface area contributed by atoms with E-state index >= 15 is 0 Å². The van der Waals surface area contributed by atoms with E-state index in [2.05, 4.69) is 49.4 Å². The number of amides is 1. The first kappa shape index (κ1) is 15.5. The normalized spacial score (nSPS) is 12.3. The number of benzene rings is 1. The second-order valence-electron chi connectivity index (χ2n) is 4.89. The van der Waals surface area contributed by atoms with E-state index in [-0.39, 0.29) is 0 Å². The maximum Gasteiger partial charge on any atom is 0.207 e. The molecule has 1 N–H and O–H groups in total. The van der Waals surface area contributed by atoms with Crippen LogP contribution in [0.25, 0.3) is 0 Å². The summed E-state index contributed by atoms with van der Waals surface area (Å²) in [5.74, 6) is 0.928. The van der Waals surface area contributed by atoms with Crippen LogP contribution >= 0.6 is 0 Å². The molecule has 1 aromatic rings. The molecule has 1 rings (SSSR count). The van der Waals surface area contributed by atoms with E-state index in [1.807, 2.05) is 0 Å². The lowest BCUT2D eigenvalue weighted by atomic mass is 10.0. The van der Waals surface area contributed by atoms with Gasteiger partial charge in [0, 0.05) is 12.6 Å². The van der Waals surface area contributed by atoms with Gasteiger partial charge in [-0.1, -0.05) is 12.1 Å². The number of hydrogen-bond donors (Lipinski definition) is 1. The van der Waals surface area contributed by atoms with Gasteiger partial charge in [0.1, 0.15) is 5.75 Å². The Morgan fingerprint density at radius 3 is 2.74 bits per heavy atom. The zero-order valence-electron chi connectivity index (χ0n) is 12.3. The summed E-state index contributed by atoms with van der Waals surface area (Å²) in [5, 5.41) is 2.67. The van der Waals surface area contributed by atoms with Crippen LogP contribution in [0.4, 0.5) is 0 Å². The highest BCUT2D eigenvalue weighted by Crippen LogP contribution is 2.26. The molecule has 0 radical (unpaired) electrons. The smallest absolute Gasteiger partial charge is 0.207 e. The Bertz CT molecular complexity index is 405. The molecule has 0 heterocycles. The molecule has 106 valence electrons. The van der Waals surface area contributed by atoms with Crippen molar-refractivity contribution in [2.45, 2.75) is 25.8 Å². The molecule has 0 saturated carbocycles. The molecule has 1 amide bonds. The van der Waals surface area contributed by atoms with Gasteiger partial charge in [0.15, 0.2) is 0 Å². The molecule has 0 saturated heterocycles. The van der Waals surface area contributed by atoms with Crippen LogP contribution < -0.4 is 10.1 Å². The maximum atomic E-state index is 10.2. The topological polar surface area (TPSA) is 41.6 Å². The number of carbonyl (C=O) groups is 1. The van der Waals surface area contributed by atoms with E-state index < -0.39 is 0 Å². The Hall–Kier alpha value is -1.55. The van der Waals surface area contributed by atoms with Crippen molar-refractivity contribution in [1.29, 1.82) is 0 Å². The molecule has 19 heavy (non-hydrogen) atoms. The second-order valence-corrected chi connectivity index (χ2v) is 4.89. The summed E-state index contributed by atoms with van der Waals surface area (Å²) in [5.41, 5.74) is 2.43. The maximum absolute atomic E-state index is 10.2. The molecular formula is C15H24N2O2. The van der Waals surface area contributed by atoms with Crippen molar-refractivity contribution in [3.63, 3.8) is 0 Å². The van der Waals surface area contributed by atoms with Gasteiger partial charge in [0.2, 0.25) is 6.41 Å². The number of ether oxygens (including phenoxy) is 1.